The number of anilines is 1. The summed E-state index contributed by atoms with van der Waals surface area (Å²) in [5, 5.41) is 11.4. The zero-order valence-electron chi connectivity index (χ0n) is 10.2. The number of rotatable bonds is 5. The highest BCUT2D eigenvalue weighted by Crippen LogP contribution is 2.30. The number of halogens is 3. The predicted octanol–water partition coefficient (Wildman–Crippen LogP) is 2.47. The van der Waals surface area contributed by atoms with E-state index >= 15 is 0 Å². The Morgan fingerprint density at radius 3 is 2.74 bits per heavy atom. The molecule has 0 aliphatic rings. The van der Waals surface area contributed by atoms with Crippen molar-refractivity contribution in [2.24, 2.45) is 10.9 Å². The van der Waals surface area contributed by atoms with Gasteiger partial charge >= 0.3 is 5.51 Å². The normalized spacial score (nSPS) is 12.5. The molecule has 106 valence electrons. The first-order valence-corrected chi connectivity index (χ1v) is 6.32. The van der Waals surface area contributed by atoms with Crippen molar-refractivity contribution in [1.82, 2.24) is 0 Å². The molecule has 19 heavy (non-hydrogen) atoms. The van der Waals surface area contributed by atoms with Crippen molar-refractivity contribution >= 4 is 23.3 Å². The molecular weight excluding hydrogens is 279 g/mol. The molecule has 0 heterocycles. The van der Waals surface area contributed by atoms with Gasteiger partial charge in [-0.2, -0.15) is 13.2 Å². The number of hydrogen-bond acceptors (Lipinski definition) is 4. The van der Waals surface area contributed by atoms with Gasteiger partial charge in [-0.15, -0.1) is 0 Å². The number of amidine groups is 1. The summed E-state index contributed by atoms with van der Waals surface area (Å²) in [4.78, 5) is 1.67. The molecule has 4 nitrogen and oxygen atoms in total. The van der Waals surface area contributed by atoms with Gasteiger partial charge in [-0.25, -0.2) is 0 Å². The first kappa shape index (κ1) is 15.5. The van der Waals surface area contributed by atoms with E-state index in [9.17, 15) is 13.2 Å². The molecule has 0 bridgehead atoms. The van der Waals surface area contributed by atoms with E-state index in [2.05, 4.69) is 5.16 Å². The number of thioether (sulfide) groups is 1. The van der Waals surface area contributed by atoms with Gasteiger partial charge in [0.15, 0.2) is 5.84 Å². The summed E-state index contributed by atoms with van der Waals surface area (Å²) in [6, 6.07) is 6.73. The lowest BCUT2D eigenvalue weighted by Crippen LogP contribution is -2.22. The maximum atomic E-state index is 12.0. The first-order chi connectivity index (χ1) is 8.83. The van der Waals surface area contributed by atoms with Crippen LogP contribution in [0, 0.1) is 0 Å². The molecule has 0 fully saturated rings. The molecule has 0 saturated heterocycles. The number of benzene rings is 1. The fourth-order valence-corrected chi connectivity index (χ4v) is 1.98. The molecule has 0 aromatic heterocycles. The molecule has 0 aliphatic carbocycles. The van der Waals surface area contributed by atoms with E-state index in [0.717, 1.165) is 0 Å². The van der Waals surface area contributed by atoms with Crippen molar-refractivity contribution in [2.75, 3.05) is 24.2 Å². The summed E-state index contributed by atoms with van der Waals surface area (Å²) < 4.78 is 36.0. The van der Waals surface area contributed by atoms with Crippen molar-refractivity contribution in [3.05, 3.63) is 29.8 Å². The van der Waals surface area contributed by atoms with Crippen LogP contribution in [0.5, 0.6) is 0 Å². The standard InChI is InChI=1S/C11H14F3N3OS/c1-17(5-6-19-11(12,13)14)9-4-2-3-8(7-9)10(15)16-18/h2-4,7,18H,5-6H2,1H3,(H2,15,16). The minimum absolute atomic E-state index is 0.0417. The van der Waals surface area contributed by atoms with Crippen LogP contribution in [-0.2, 0) is 0 Å². The minimum atomic E-state index is -4.21. The quantitative estimate of drug-likeness (QED) is 0.379. The molecule has 0 radical (unpaired) electrons. The highest BCUT2D eigenvalue weighted by Gasteiger charge is 2.27. The van der Waals surface area contributed by atoms with E-state index in [4.69, 9.17) is 10.9 Å². The van der Waals surface area contributed by atoms with Crippen LogP contribution < -0.4 is 10.6 Å². The Morgan fingerprint density at radius 2 is 2.16 bits per heavy atom. The van der Waals surface area contributed by atoms with Crippen molar-refractivity contribution < 1.29 is 18.4 Å². The van der Waals surface area contributed by atoms with Gasteiger partial charge < -0.3 is 15.8 Å². The Balaban J connectivity index is 2.64. The maximum Gasteiger partial charge on any atom is 0.441 e. The molecule has 0 spiro atoms. The number of nitrogens with zero attached hydrogens (tertiary/aromatic N) is 2. The third-order valence-electron chi connectivity index (χ3n) is 2.38. The van der Waals surface area contributed by atoms with Gasteiger partial charge in [-0.05, 0) is 23.9 Å². The molecule has 0 saturated carbocycles. The van der Waals surface area contributed by atoms with E-state index in [-0.39, 0.29) is 29.9 Å². The second-order valence-electron chi connectivity index (χ2n) is 3.75. The second-order valence-corrected chi connectivity index (χ2v) is 4.91. The second kappa shape index (κ2) is 6.55. The Morgan fingerprint density at radius 1 is 1.47 bits per heavy atom. The van der Waals surface area contributed by atoms with Crippen LogP contribution >= 0.6 is 11.8 Å². The van der Waals surface area contributed by atoms with E-state index in [0.29, 0.717) is 11.3 Å². The summed E-state index contributed by atoms with van der Waals surface area (Å²) >= 11 is -0.0585. The van der Waals surface area contributed by atoms with Gasteiger partial charge in [0, 0.05) is 30.6 Å². The molecule has 0 unspecified atom stereocenters. The van der Waals surface area contributed by atoms with Crippen LogP contribution in [0.3, 0.4) is 0 Å². The van der Waals surface area contributed by atoms with Crippen molar-refractivity contribution in [1.29, 1.82) is 0 Å². The van der Waals surface area contributed by atoms with Crippen LogP contribution in [-0.4, -0.2) is 35.9 Å². The SMILES string of the molecule is CN(CCSC(F)(F)F)c1cccc(/C(N)=N/O)c1. The van der Waals surface area contributed by atoms with Gasteiger partial charge in [0.2, 0.25) is 0 Å². The van der Waals surface area contributed by atoms with Crippen molar-refractivity contribution in [3.63, 3.8) is 0 Å². The fraction of sp³-hybridized carbons (Fsp3) is 0.364. The number of hydrogen-bond donors (Lipinski definition) is 2. The smallest absolute Gasteiger partial charge is 0.409 e. The van der Waals surface area contributed by atoms with Gasteiger partial charge in [0.1, 0.15) is 0 Å². The molecular formula is C11H14F3N3OS. The average Bonchev–Trinajstić information content (AvgIpc) is 2.36. The first-order valence-electron chi connectivity index (χ1n) is 5.33. The summed E-state index contributed by atoms with van der Waals surface area (Å²) in [5.74, 6) is -0.103. The van der Waals surface area contributed by atoms with Crippen molar-refractivity contribution in [3.8, 4) is 0 Å². The Hall–Kier alpha value is -1.57. The Kier molecular flexibility index (Phi) is 5.34. The molecule has 8 heteroatoms. The Labute approximate surface area is 113 Å². The summed E-state index contributed by atoms with van der Waals surface area (Å²) in [6.45, 7) is 0.240. The largest absolute Gasteiger partial charge is 0.441 e. The third-order valence-corrected chi connectivity index (χ3v) is 3.10. The van der Waals surface area contributed by atoms with Crippen LogP contribution in [0.2, 0.25) is 0 Å². The third kappa shape index (κ3) is 5.29. The van der Waals surface area contributed by atoms with Crippen LogP contribution in [0.25, 0.3) is 0 Å². The molecule has 0 aliphatic heterocycles. The van der Waals surface area contributed by atoms with E-state index in [1.807, 2.05) is 0 Å². The van der Waals surface area contributed by atoms with Gasteiger partial charge in [0.25, 0.3) is 0 Å². The number of oxime groups is 1. The lowest BCUT2D eigenvalue weighted by atomic mass is 10.2. The van der Waals surface area contributed by atoms with Crippen LogP contribution in [0.15, 0.2) is 29.4 Å². The van der Waals surface area contributed by atoms with Gasteiger partial charge in [-0.1, -0.05) is 17.3 Å². The van der Waals surface area contributed by atoms with E-state index in [1.165, 1.54) is 0 Å². The monoisotopic (exact) mass is 293 g/mol. The number of nitrogens with two attached hydrogens (primary N) is 1. The molecule has 0 amide bonds. The topological polar surface area (TPSA) is 61.8 Å². The predicted molar refractivity (Wildman–Crippen MR) is 70.7 cm³/mol. The molecule has 1 aromatic carbocycles. The lowest BCUT2D eigenvalue weighted by molar-refractivity contribution is -0.0327. The Bertz CT molecular complexity index is 451. The number of alkyl halides is 3. The summed E-state index contributed by atoms with van der Waals surface area (Å²) in [6.07, 6.45) is 0. The van der Waals surface area contributed by atoms with Gasteiger partial charge in [0.05, 0.1) is 0 Å². The van der Waals surface area contributed by atoms with E-state index in [1.54, 1.807) is 36.2 Å². The van der Waals surface area contributed by atoms with Crippen LogP contribution in [0.1, 0.15) is 5.56 Å². The maximum absolute atomic E-state index is 12.0. The molecule has 1 aromatic rings. The zero-order chi connectivity index (χ0) is 14.5. The van der Waals surface area contributed by atoms with Crippen molar-refractivity contribution in [2.45, 2.75) is 5.51 Å². The van der Waals surface area contributed by atoms with Gasteiger partial charge in [-0.3, -0.25) is 0 Å². The van der Waals surface area contributed by atoms with E-state index < -0.39 is 5.51 Å². The minimum Gasteiger partial charge on any atom is -0.409 e. The average molecular weight is 293 g/mol. The molecule has 1 rings (SSSR count). The lowest BCUT2D eigenvalue weighted by Gasteiger charge is -2.20. The van der Waals surface area contributed by atoms with Crippen LogP contribution in [0.4, 0.5) is 18.9 Å². The fourth-order valence-electron chi connectivity index (χ4n) is 1.39. The molecule has 3 N–H and O–H groups in total. The summed E-state index contributed by atoms with van der Waals surface area (Å²) in [7, 11) is 1.68. The molecule has 0 atom stereocenters. The zero-order valence-corrected chi connectivity index (χ0v) is 11.0. The highest BCUT2D eigenvalue weighted by molar-refractivity contribution is 8.00. The highest BCUT2D eigenvalue weighted by atomic mass is 32.2. The summed E-state index contributed by atoms with van der Waals surface area (Å²) in [5.41, 5.74) is 2.45.